The van der Waals surface area contributed by atoms with Gasteiger partial charge in [0.15, 0.2) is 6.61 Å². The molecular formula is C18H21N5O3. The van der Waals surface area contributed by atoms with Crippen LogP contribution in [0.15, 0.2) is 30.5 Å². The fourth-order valence-corrected chi connectivity index (χ4v) is 3.44. The molecular weight excluding hydrogens is 334 g/mol. The molecule has 3 heterocycles. The number of carbonyl (C=O) groups is 2. The largest absolute Gasteiger partial charge is 0.482 e. The van der Waals surface area contributed by atoms with Crippen LogP contribution in [-0.4, -0.2) is 53.8 Å². The number of likely N-dealkylation sites (N-methyl/N-ethyl adjacent to an activating group) is 1. The predicted octanol–water partition coefficient (Wildman–Crippen LogP) is 2.18. The molecule has 0 saturated carbocycles. The van der Waals surface area contributed by atoms with Crippen LogP contribution < -0.4 is 15.0 Å². The summed E-state index contributed by atoms with van der Waals surface area (Å²) in [5.41, 5.74) is 2.44. The molecule has 1 saturated heterocycles. The standard InChI is InChI=1S/C18H21N5O3/c1-22-15-10-13(2-3-16(15)26-11-17(22)24)20-18(25)23-8-5-12(6-9-23)14-4-7-19-21-14/h2-4,7,10,12H,5-6,8-9,11H2,1H3,(H,19,21)(H,20,25). The summed E-state index contributed by atoms with van der Waals surface area (Å²) in [6.07, 6.45) is 3.58. The van der Waals surface area contributed by atoms with E-state index in [1.165, 1.54) is 0 Å². The number of amides is 3. The van der Waals surface area contributed by atoms with Crippen LogP contribution in [0.5, 0.6) is 5.75 Å². The summed E-state index contributed by atoms with van der Waals surface area (Å²) in [4.78, 5) is 27.7. The van der Waals surface area contributed by atoms with Crippen LogP contribution in [0.3, 0.4) is 0 Å². The lowest BCUT2D eigenvalue weighted by Crippen LogP contribution is -2.40. The van der Waals surface area contributed by atoms with Crippen molar-refractivity contribution in [2.45, 2.75) is 18.8 Å². The van der Waals surface area contributed by atoms with E-state index in [1.54, 1.807) is 36.3 Å². The minimum Gasteiger partial charge on any atom is -0.482 e. The second-order valence-corrected chi connectivity index (χ2v) is 6.63. The van der Waals surface area contributed by atoms with Gasteiger partial charge in [0, 0.05) is 43.6 Å². The summed E-state index contributed by atoms with van der Waals surface area (Å²) in [5.74, 6) is 0.953. The number of hydrogen-bond acceptors (Lipinski definition) is 4. The van der Waals surface area contributed by atoms with Crippen molar-refractivity contribution in [1.29, 1.82) is 0 Å². The number of H-pyrrole nitrogens is 1. The predicted molar refractivity (Wildman–Crippen MR) is 96.5 cm³/mol. The number of nitrogens with one attached hydrogen (secondary N) is 2. The molecule has 2 aliphatic rings. The molecule has 8 heteroatoms. The van der Waals surface area contributed by atoms with Gasteiger partial charge in [0.25, 0.3) is 5.91 Å². The first-order valence-corrected chi connectivity index (χ1v) is 8.70. The molecule has 2 aliphatic heterocycles. The van der Waals surface area contributed by atoms with Gasteiger partial charge in [-0.3, -0.25) is 9.89 Å². The van der Waals surface area contributed by atoms with Gasteiger partial charge in [-0.05, 0) is 37.1 Å². The number of hydrogen-bond donors (Lipinski definition) is 2. The Hall–Kier alpha value is -3.03. The fourth-order valence-electron chi connectivity index (χ4n) is 3.44. The lowest BCUT2D eigenvalue weighted by molar-refractivity contribution is -0.120. The Labute approximate surface area is 151 Å². The summed E-state index contributed by atoms with van der Waals surface area (Å²) in [5, 5.41) is 9.93. The molecule has 3 amide bonds. The highest BCUT2D eigenvalue weighted by Gasteiger charge is 2.26. The third-order valence-corrected chi connectivity index (χ3v) is 5.04. The van der Waals surface area contributed by atoms with Crippen molar-refractivity contribution in [2.24, 2.45) is 0 Å². The van der Waals surface area contributed by atoms with Crippen molar-refractivity contribution < 1.29 is 14.3 Å². The van der Waals surface area contributed by atoms with Gasteiger partial charge in [0.1, 0.15) is 5.75 Å². The number of aromatic nitrogens is 2. The zero-order valence-corrected chi connectivity index (χ0v) is 14.6. The van der Waals surface area contributed by atoms with Crippen LogP contribution in [-0.2, 0) is 4.79 Å². The van der Waals surface area contributed by atoms with Crippen LogP contribution in [0.1, 0.15) is 24.5 Å². The molecule has 0 radical (unpaired) electrons. The number of anilines is 2. The number of piperidine rings is 1. The second kappa shape index (κ2) is 6.70. The molecule has 0 spiro atoms. The number of fused-ring (bicyclic) bond motifs is 1. The monoisotopic (exact) mass is 355 g/mol. The summed E-state index contributed by atoms with van der Waals surface area (Å²) in [7, 11) is 1.70. The van der Waals surface area contributed by atoms with Gasteiger partial charge in [-0.25, -0.2) is 4.79 Å². The molecule has 2 aromatic rings. The molecule has 4 rings (SSSR count). The summed E-state index contributed by atoms with van der Waals surface area (Å²) < 4.78 is 5.41. The van der Waals surface area contributed by atoms with Crippen molar-refractivity contribution in [3.63, 3.8) is 0 Å². The normalized spacial score (nSPS) is 17.7. The SMILES string of the molecule is CN1C(=O)COc2ccc(NC(=O)N3CCC(c4ccn[nH]4)CC3)cc21. The van der Waals surface area contributed by atoms with Crippen molar-refractivity contribution in [3.05, 3.63) is 36.2 Å². The molecule has 0 atom stereocenters. The lowest BCUT2D eigenvalue weighted by atomic mass is 9.94. The summed E-state index contributed by atoms with van der Waals surface area (Å²) >= 11 is 0. The van der Waals surface area contributed by atoms with Gasteiger partial charge in [-0.1, -0.05) is 0 Å². The van der Waals surface area contributed by atoms with Gasteiger partial charge in [0.2, 0.25) is 0 Å². The van der Waals surface area contributed by atoms with Gasteiger partial charge < -0.3 is 19.9 Å². The molecule has 0 bridgehead atoms. The maximum absolute atomic E-state index is 12.6. The maximum Gasteiger partial charge on any atom is 0.321 e. The van der Waals surface area contributed by atoms with Crippen LogP contribution in [0.4, 0.5) is 16.2 Å². The Kier molecular flexibility index (Phi) is 4.24. The van der Waals surface area contributed by atoms with Crippen molar-refractivity contribution >= 4 is 23.3 Å². The minimum atomic E-state index is -0.126. The average molecular weight is 355 g/mol. The van der Waals surface area contributed by atoms with Crippen LogP contribution in [0.25, 0.3) is 0 Å². The highest BCUT2D eigenvalue weighted by Crippen LogP contribution is 2.34. The van der Waals surface area contributed by atoms with Crippen molar-refractivity contribution in [1.82, 2.24) is 15.1 Å². The first kappa shape index (κ1) is 16.4. The van der Waals surface area contributed by atoms with Gasteiger partial charge >= 0.3 is 6.03 Å². The van der Waals surface area contributed by atoms with E-state index in [2.05, 4.69) is 15.5 Å². The number of urea groups is 1. The van der Waals surface area contributed by atoms with Gasteiger partial charge in [-0.15, -0.1) is 0 Å². The maximum atomic E-state index is 12.6. The van der Waals surface area contributed by atoms with E-state index in [-0.39, 0.29) is 18.5 Å². The molecule has 0 unspecified atom stereocenters. The van der Waals surface area contributed by atoms with E-state index >= 15 is 0 Å². The number of rotatable bonds is 2. The molecule has 136 valence electrons. The second-order valence-electron chi connectivity index (χ2n) is 6.63. The Morgan fingerprint density at radius 3 is 2.85 bits per heavy atom. The topological polar surface area (TPSA) is 90.6 Å². The van der Waals surface area contributed by atoms with E-state index in [1.807, 2.05) is 11.0 Å². The number of carbonyl (C=O) groups excluding carboxylic acids is 2. The van der Waals surface area contributed by atoms with E-state index in [0.717, 1.165) is 18.5 Å². The van der Waals surface area contributed by atoms with Gasteiger partial charge in [0.05, 0.1) is 5.69 Å². The molecule has 8 nitrogen and oxygen atoms in total. The van der Waals surface area contributed by atoms with Crippen molar-refractivity contribution in [2.75, 3.05) is 37.0 Å². The minimum absolute atomic E-state index is 0.0421. The van der Waals surface area contributed by atoms with E-state index in [0.29, 0.717) is 36.1 Å². The highest BCUT2D eigenvalue weighted by atomic mass is 16.5. The van der Waals surface area contributed by atoms with Gasteiger partial charge in [-0.2, -0.15) is 5.10 Å². The zero-order valence-electron chi connectivity index (χ0n) is 14.6. The molecule has 1 aromatic heterocycles. The lowest BCUT2D eigenvalue weighted by Gasteiger charge is -2.31. The molecule has 26 heavy (non-hydrogen) atoms. The summed E-state index contributed by atoms with van der Waals surface area (Å²) in [6.45, 7) is 1.43. The number of ether oxygens (including phenoxy) is 1. The number of benzene rings is 1. The summed E-state index contributed by atoms with van der Waals surface area (Å²) in [6, 6.07) is 7.20. The third-order valence-electron chi connectivity index (χ3n) is 5.04. The first-order valence-electron chi connectivity index (χ1n) is 8.70. The third kappa shape index (κ3) is 3.10. The number of nitrogens with zero attached hydrogens (tertiary/aromatic N) is 3. The molecule has 1 fully saturated rings. The quantitative estimate of drug-likeness (QED) is 0.864. The van der Waals surface area contributed by atoms with E-state index < -0.39 is 0 Å². The van der Waals surface area contributed by atoms with Crippen LogP contribution in [0.2, 0.25) is 0 Å². The van der Waals surface area contributed by atoms with Crippen LogP contribution >= 0.6 is 0 Å². The number of aromatic amines is 1. The highest BCUT2D eigenvalue weighted by molar-refractivity contribution is 5.99. The first-order chi connectivity index (χ1) is 12.6. The fraction of sp³-hybridized carbons (Fsp3) is 0.389. The van der Waals surface area contributed by atoms with E-state index in [4.69, 9.17) is 4.74 Å². The van der Waals surface area contributed by atoms with Crippen LogP contribution in [0, 0.1) is 0 Å². The van der Waals surface area contributed by atoms with E-state index in [9.17, 15) is 9.59 Å². The van der Waals surface area contributed by atoms with Crippen molar-refractivity contribution in [3.8, 4) is 5.75 Å². The smallest absolute Gasteiger partial charge is 0.321 e. The Balaban J connectivity index is 1.39. The Morgan fingerprint density at radius 1 is 1.31 bits per heavy atom. The zero-order chi connectivity index (χ0) is 18.1. The molecule has 0 aliphatic carbocycles. The average Bonchev–Trinajstić information content (AvgIpc) is 3.20. The molecule has 2 N–H and O–H groups in total. The Morgan fingerprint density at radius 2 is 2.12 bits per heavy atom. The molecule has 1 aromatic carbocycles. The Bertz CT molecular complexity index is 812. The number of likely N-dealkylation sites (tertiary alicyclic amines) is 1.